The number of aromatic amines is 1. The van der Waals surface area contributed by atoms with Crippen LogP contribution in [-0.2, 0) is 6.54 Å². The molecule has 0 aliphatic rings. The molecule has 2 aromatic rings. The molecule has 1 aromatic heterocycles. The zero-order valence-corrected chi connectivity index (χ0v) is 9.89. The minimum atomic E-state index is -0.478. The van der Waals surface area contributed by atoms with Gasteiger partial charge in [-0.15, -0.1) is 0 Å². The van der Waals surface area contributed by atoms with Gasteiger partial charge in [0.25, 0.3) is 5.56 Å². The average Bonchev–Trinajstić information content (AvgIpc) is 2.20. The maximum Gasteiger partial charge on any atom is 0.328 e. The van der Waals surface area contributed by atoms with Crippen molar-refractivity contribution in [3.63, 3.8) is 0 Å². The fraction of sp³-hybridized carbons (Fsp3) is 0.200. The second-order valence-electron chi connectivity index (χ2n) is 3.29. The van der Waals surface area contributed by atoms with Gasteiger partial charge in [-0.3, -0.25) is 14.3 Å². The topological polar surface area (TPSA) is 54.9 Å². The Labute approximate surface area is 100 Å². The molecular formula is C10H8Cl2N2O2. The number of nitrogens with zero attached hydrogens (tertiary/aromatic N) is 1. The van der Waals surface area contributed by atoms with Crippen LogP contribution in [0.2, 0.25) is 10.0 Å². The molecule has 0 amide bonds. The summed E-state index contributed by atoms with van der Waals surface area (Å²) in [4.78, 5) is 25.3. The molecule has 0 spiro atoms. The van der Waals surface area contributed by atoms with Crippen LogP contribution < -0.4 is 11.2 Å². The summed E-state index contributed by atoms with van der Waals surface area (Å²) in [6.45, 7) is 2.22. The fourth-order valence-electron chi connectivity index (χ4n) is 1.65. The fourth-order valence-corrected chi connectivity index (χ4v) is 2.24. The highest BCUT2D eigenvalue weighted by Gasteiger charge is 2.10. The van der Waals surface area contributed by atoms with E-state index in [1.165, 1.54) is 16.7 Å². The summed E-state index contributed by atoms with van der Waals surface area (Å²) in [7, 11) is 0. The van der Waals surface area contributed by atoms with E-state index in [2.05, 4.69) is 4.98 Å². The average molecular weight is 259 g/mol. The lowest BCUT2D eigenvalue weighted by Gasteiger charge is -2.08. The smallest absolute Gasteiger partial charge is 0.292 e. The zero-order chi connectivity index (χ0) is 11.9. The molecule has 0 fully saturated rings. The van der Waals surface area contributed by atoms with E-state index in [9.17, 15) is 9.59 Å². The number of rotatable bonds is 1. The Morgan fingerprint density at radius 2 is 2.00 bits per heavy atom. The quantitative estimate of drug-likeness (QED) is 0.851. The van der Waals surface area contributed by atoms with E-state index in [0.29, 0.717) is 27.5 Å². The molecule has 0 saturated carbocycles. The molecule has 16 heavy (non-hydrogen) atoms. The van der Waals surface area contributed by atoms with Gasteiger partial charge in [0.1, 0.15) is 0 Å². The molecular weight excluding hydrogens is 251 g/mol. The number of H-pyrrole nitrogens is 1. The highest BCUT2D eigenvalue weighted by Crippen LogP contribution is 2.24. The van der Waals surface area contributed by atoms with E-state index in [1.807, 2.05) is 0 Å². The van der Waals surface area contributed by atoms with Crippen LogP contribution in [0, 0.1) is 0 Å². The zero-order valence-electron chi connectivity index (χ0n) is 8.38. The van der Waals surface area contributed by atoms with Crippen molar-refractivity contribution in [2.45, 2.75) is 13.5 Å². The van der Waals surface area contributed by atoms with Crippen molar-refractivity contribution in [3.05, 3.63) is 43.0 Å². The molecule has 1 heterocycles. The Morgan fingerprint density at radius 3 is 2.62 bits per heavy atom. The Morgan fingerprint density at radius 1 is 1.31 bits per heavy atom. The highest BCUT2D eigenvalue weighted by atomic mass is 35.5. The van der Waals surface area contributed by atoms with E-state index in [4.69, 9.17) is 23.2 Å². The van der Waals surface area contributed by atoms with Gasteiger partial charge >= 0.3 is 5.69 Å². The first-order chi connectivity index (χ1) is 7.54. The number of hydrogen-bond acceptors (Lipinski definition) is 2. The molecule has 1 N–H and O–H groups in total. The first kappa shape index (κ1) is 11.2. The van der Waals surface area contributed by atoms with Crippen molar-refractivity contribution in [3.8, 4) is 0 Å². The normalized spacial score (nSPS) is 10.9. The molecule has 0 unspecified atom stereocenters. The molecule has 2 rings (SSSR count). The Hall–Kier alpha value is -1.26. The number of benzene rings is 1. The maximum atomic E-state index is 11.6. The van der Waals surface area contributed by atoms with Crippen LogP contribution in [0.1, 0.15) is 6.92 Å². The monoisotopic (exact) mass is 258 g/mol. The SMILES string of the molecule is CCn1c(=O)[nH]c(=O)c2cc(Cl)cc(Cl)c21. The van der Waals surface area contributed by atoms with E-state index in [1.54, 1.807) is 6.92 Å². The number of aryl methyl sites for hydroxylation is 1. The second kappa shape index (κ2) is 3.96. The second-order valence-corrected chi connectivity index (χ2v) is 4.13. The third kappa shape index (κ3) is 1.64. The maximum absolute atomic E-state index is 11.6. The van der Waals surface area contributed by atoms with E-state index < -0.39 is 11.2 Å². The summed E-state index contributed by atoms with van der Waals surface area (Å²) < 4.78 is 1.40. The Kier molecular flexibility index (Phi) is 2.78. The third-order valence-corrected chi connectivity index (χ3v) is 2.83. The number of nitrogens with one attached hydrogen (secondary N) is 1. The largest absolute Gasteiger partial charge is 0.328 e. The van der Waals surface area contributed by atoms with Crippen molar-refractivity contribution in [2.24, 2.45) is 0 Å². The lowest BCUT2D eigenvalue weighted by molar-refractivity contribution is 0.727. The predicted molar refractivity (Wildman–Crippen MR) is 64.5 cm³/mol. The molecule has 84 valence electrons. The molecule has 0 atom stereocenters. The summed E-state index contributed by atoms with van der Waals surface area (Å²) in [5.74, 6) is 0. The van der Waals surface area contributed by atoms with Gasteiger partial charge in [-0.25, -0.2) is 4.79 Å². The number of hydrogen-bond donors (Lipinski definition) is 1. The molecule has 0 radical (unpaired) electrons. The van der Waals surface area contributed by atoms with Gasteiger partial charge < -0.3 is 0 Å². The lowest BCUT2D eigenvalue weighted by atomic mass is 10.2. The summed E-state index contributed by atoms with van der Waals surface area (Å²) >= 11 is 11.8. The summed E-state index contributed by atoms with van der Waals surface area (Å²) in [5, 5.41) is 0.982. The molecule has 0 aliphatic carbocycles. The highest BCUT2D eigenvalue weighted by molar-refractivity contribution is 6.38. The van der Waals surface area contributed by atoms with E-state index in [0.717, 1.165) is 0 Å². The minimum Gasteiger partial charge on any atom is -0.292 e. The Balaban J connectivity index is 3.12. The predicted octanol–water partition coefficient (Wildman–Crippen LogP) is 2.02. The van der Waals surface area contributed by atoms with Crippen LogP contribution in [0.15, 0.2) is 21.7 Å². The van der Waals surface area contributed by atoms with Gasteiger partial charge in [-0.2, -0.15) is 0 Å². The lowest BCUT2D eigenvalue weighted by Crippen LogP contribution is -2.30. The van der Waals surface area contributed by atoms with Gasteiger partial charge in [0.2, 0.25) is 0 Å². The van der Waals surface area contributed by atoms with Crippen molar-refractivity contribution in [2.75, 3.05) is 0 Å². The van der Waals surface area contributed by atoms with Crippen LogP contribution in [0.25, 0.3) is 10.9 Å². The van der Waals surface area contributed by atoms with Gasteiger partial charge in [0.15, 0.2) is 0 Å². The summed E-state index contributed by atoms with van der Waals surface area (Å²) in [5.41, 5.74) is -0.527. The molecule has 0 aliphatic heterocycles. The van der Waals surface area contributed by atoms with Gasteiger partial charge in [-0.05, 0) is 19.1 Å². The van der Waals surface area contributed by atoms with E-state index >= 15 is 0 Å². The Bertz CT molecular complexity index is 673. The van der Waals surface area contributed by atoms with Gasteiger partial charge in [-0.1, -0.05) is 23.2 Å². The summed E-state index contributed by atoms with van der Waals surface area (Å²) in [6.07, 6.45) is 0. The number of aromatic nitrogens is 2. The third-order valence-electron chi connectivity index (χ3n) is 2.32. The summed E-state index contributed by atoms with van der Waals surface area (Å²) in [6, 6.07) is 3.00. The first-order valence-corrected chi connectivity index (χ1v) is 5.42. The van der Waals surface area contributed by atoms with Crippen LogP contribution in [0.5, 0.6) is 0 Å². The molecule has 1 aromatic carbocycles. The van der Waals surface area contributed by atoms with Gasteiger partial charge in [0.05, 0.1) is 15.9 Å². The first-order valence-electron chi connectivity index (χ1n) is 4.66. The van der Waals surface area contributed by atoms with Gasteiger partial charge in [0, 0.05) is 11.6 Å². The van der Waals surface area contributed by atoms with Crippen LogP contribution in [0.4, 0.5) is 0 Å². The van der Waals surface area contributed by atoms with Crippen LogP contribution in [-0.4, -0.2) is 9.55 Å². The number of fused-ring (bicyclic) bond motifs is 1. The van der Waals surface area contributed by atoms with Crippen molar-refractivity contribution in [1.29, 1.82) is 0 Å². The standard InChI is InChI=1S/C10H8Cl2N2O2/c1-2-14-8-6(9(15)13-10(14)16)3-5(11)4-7(8)12/h3-4H,2H2,1H3,(H,13,15,16). The molecule has 0 saturated heterocycles. The molecule has 6 heteroatoms. The van der Waals surface area contributed by atoms with Crippen molar-refractivity contribution in [1.82, 2.24) is 9.55 Å². The molecule has 0 bridgehead atoms. The minimum absolute atomic E-state index is 0.299. The van der Waals surface area contributed by atoms with Crippen LogP contribution >= 0.6 is 23.2 Å². The number of halogens is 2. The van der Waals surface area contributed by atoms with Crippen LogP contribution in [0.3, 0.4) is 0 Å². The van der Waals surface area contributed by atoms with E-state index in [-0.39, 0.29) is 0 Å². The van der Waals surface area contributed by atoms with Crippen molar-refractivity contribution >= 4 is 34.1 Å². The van der Waals surface area contributed by atoms with Crippen molar-refractivity contribution < 1.29 is 0 Å². The molecule has 4 nitrogen and oxygen atoms in total.